The number of nitrogens with zero attached hydrogens (tertiary/aromatic N) is 1. The van der Waals surface area contributed by atoms with Crippen molar-refractivity contribution < 1.29 is 9.59 Å². The molecule has 1 aliphatic rings. The highest BCUT2D eigenvalue weighted by molar-refractivity contribution is 5.94. The van der Waals surface area contributed by atoms with Crippen molar-refractivity contribution in [3.05, 3.63) is 24.3 Å². The van der Waals surface area contributed by atoms with Crippen LogP contribution in [-0.2, 0) is 9.59 Å². The monoisotopic (exact) mass is 247 g/mol. The van der Waals surface area contributed by atoms with Gasteiger partial charge in [0.15, 0.2) is 0 Å². The van der Waals surface area contributed by atoms with E-state index in [-0.39, 0.29) is 18.4 Å². The van der Waals surface area contributed by atoms with Gasteiger partial charge in [-0.05, 0) is 31.0 Å². The van der Waals surface area contributed by atoms with Crippen molar-refractivity contribution in [2.24, 2.45) is 0 Å². The first-order valence-corrected chi connectivity index (χ1v) is 6.08. The highest BCUT2D eigenvalue weighted by Gasteiger charge is 2.20. The zero-order valence-electron chi connectivity index (χ0n) is 10.2. The van der Waals surface area contributed by atoms with E-state index in [0.717, 1.165) is 12.8 Å². The predicted octanol–water partition coefficient (Wildman–Crippen LogP) is 1.22. The quantitative estimate of drug-likeness (QED) is 0.788. The summed E-state index contributed by atoms with van der Waals surface area (Å²) in [7, 11) is 0. The molecule has 0 radical (unpaired) electrons. The van der Waals surface area contributed by atoms with Crippen molar-refractivity contribution in [1.29, 1.82) is 0 Å². The maximum absolute atomic E-state index is 11.8. The number of carbonyl (C=O) groups excluding carboxylic acids is 2. The molecule has 2 rings (SSSR count). The molecule has 1 saturated heterocycles. The summed E-state index contributed by atoms with van der Waals surface area (Å²) in [6.45, 7) is 0.789. The Morgan fingerprint density at radius 3 is 2.94 bits per heavy atom. The minimum atomic E-state index is -0.184. The lowest BCUT2D eigenvalue weighted by molar-refractivity contribution is -0.136. The Balaban J connectivity index is 1.90. The SMILES string of the molecule is Nc1cccc(NC(=O)CN2CCCCC2=O)c1. The van der Waals surface area contributed by atoms with Crippen LogP contribution in [0, 0.1) is 0 Å². The normalized spacial score (nSPS) is 15.6. The molecular weight excluding hydrogens is 230 g/mol. The molecule has 0 unspecified atom stereocenters. The van der Waals surface area contributed by atoms with Gasteiger partial charge >= 0.3 is 0 Å². The number of anilines is 2. The van der Waals surface area contributed by atoms with Gasteiger partial charge in [-0.3, -0.25) is 9.59 Å². The minimum Gasteiger partial charge on any atom is -0.399 e. The number of likely N-dealkylation sites (tertiary alicyclic amines) is 1. The zero-order valence-corrected chi connectivity index (χ0v) is 10.2. The third-order valence-corrected chi connectivity index (χ3v) is 2.93. The molecule has 1 fully saturated rings. The van der Waals surface area contributed by atoms with E-state index < -0.39 is 0 Å². The molecule has 0 aliphatic carbocycles. The summed E-state index contributed by atoms with van der Waals surface area (Å²) in [6, 6.07) is 6.99. The number of benzene rings is 1. The average Bonchev–Trinajstić information content (AvgIpc) is 2.32. The molecule has 5 heteroatoms. The predicted molar refractivity (Wildman–Crippen MR) is 69.9 cm³/mol. The summed E-state index contributed by atoms with van der Waals surface area (Å²) in [5.41, 5.74) is 6.88. The van der Waals surface area contributed by atoms with Gasteiger partial charge < -0.3 is 16.0 Å². The molecule has 3 N–H and O–H groups in total. The van der Waals surface area contributed by atoms with Crippen molar-refractivity contribution in [3.63, 3.8) is 0 Å². The summed E-state index contributed by atoms with van der Waals surface area (Å²) < 4.78 is 0. The van der Waals surface area contributed by atoms with Gasteiger partial charge in [-0.25, -0.2) is 0 Å². The summed E-state index contributed by atoms with van der Waals surface area (Å²) in [5, 5.41) is 2.74. The fourth-order valence-corrected chi connectivity index (χ4v) is 2.02. The third kappa shape index (κ3) is 3.23. The van der Waals surface area contributed by atoms with E-state index in [4.69, 9.17) is 5.73 Å². The van der Waals surface area contributed by atoms with Gasteiger partial charge in [0.05, 0.1) is 6.54 Å². The first-order valence-electron chi connectivity index (χ1n) is 6.08. The fourth-order valence-electron chi connectivity index (χ4n) is 2.02. The molecule has 1 aromatic carbocycles. The smallest absolute Gasteiger partial charge is 0.243 e. The number of nitrogens with two attached hydrogens (primary N) is 1. The number of rotatable bonds is 3. The molecule has 0 spiro atoms. The Kier molecular flexibility index (Phi) is 3.82. The Labute approximate surface area is 106 Å². The first-order chi connectivity index (χ1) is 8.65. The number of nitrogens with one attached hydrogen (secondary N) is 1. The van der Waals surface area contributed by atoms with E-state index in [1.807, 2.05) is 0 Å². The van der Waals surface area contributed by atoms with Crippen LogP contribution in [0.2, 0.25) is 0 Å². The highest BCUT2D eigenvalue weighted by Crippen LogP contribution is 2.13. The van der Waals surface area contributed by atoms with Crippen LogP contribution >= 0.6 is 0 Å². The largest absolute Gasteiger partial charge is 0.399 e. The van der Waals surface area contributed by atoms with Crippen molar-refractivity contribution in [1.82, 2.24) is 4.90 Å². The van der Waals surface area contributed by atoms with Crippen molar-refractivity contribution in [2.75, 3.05) is 24.1 Å². The minimum absolute atomic E-state index is 0.0592. The molecule has 1 aliphatic heterocycles. The van der Waals surface area contributed by atoms with Gasteiger partial charge in [0.1, 0.15) is 0 Å². The molecule has 0 aromatic heterocycles. The van der Waals surface area contributed by atoms with Gasteiger partial charge in [0.25, 0.3) is 0 Å². The summed E-state index contributed by atoms with van der Waals surface area (Å²) in [6.07, 6.45) is 2.44. The number of nitrogen functional groups attached to an aromatic ring is 1. The van der Waals surface area contributed by atoms with Crippen molar-refractivity contribution in [2.45, 2.75) is 19.3 Å². The van der Waals surface area contributed by atoms with Crippen LogP contribution in [0.25, 0.3) is 0 Å². The molecule has 0 bridgehead atoms. The lowest BCUT2D eigenvalue weighted by atomic mass is 10.1. The standard InChI is InChI=1S/C13H17N3O2/c14-10-4-3-5-11(8-10)15-12(17)9-16-7-2-1-6-13(16)18/h3-5,8H,1-2,6-7,9,14H2,(H,15,17). The maximum atomic E-state index is 11.8. The van der Waals surface area contributed by atoms with E-state index in [1.54, 1.807) is 29.2 Å². The molecule has 0 atom stereocenters. The van der Waals surface area contributed by atoms with Crippen LogP contribution in [0.4, 0.5) is 11.4 Å². The fraction of sp³-hybridized carbons (Fsp3) is 0.385. The number of carbonyl (C=O) groups is 2. The van der Waals surface area contributed by atoms with Crippen LogP contribution in [0.5, 0.6) is 0 Å². The van der Waals surface area contributed by atoms with E-state index in [1.165, 1.54) is 0 Å². The summed E-state index contributed by atoms with van der Waals surface area (Å²) in [5.74, 6) is -0.125. The second kappa shape index (κ2) is 5.53. The van der Waals surface area contributed by atoms with E-state index in [0.29, 0.717) is 24.3 Å². The molecule has 1 aromatic rings. The number of amides is 2. The second-order valence-corrected chi connectivity index (χ2v) is 4.45. The van der Waals surface area contributed by atoms with Gasteiger partial charge in [0.2, 0.25) is 11.8 Å². The maximum Gasteiger partial charge on any atom is 0.243 e. The summed E-state index contributed by atoms with van der Waals surface area (Å²) in [4.78, 5) is 25.0. The topological polar surface area (TPSA) is 75.4 Å². The Hall–Kier alpha value is -2.04. The molecule has 96 valence electrons. The lowest BCUT2D eigenvalue weighted by Gasteiger charge is -2.25. The zero-order chi connectivity index (χ0) is 13.0. The van der Waals surface area contributed by atoms with Crippen LogP contribution < -0.4 is 11.1 Å². The summed E-state index contributed by atoms with van der Waals surface area (Å²) >= 11 is 0. The highest BCUT2D eigenvalue weighted by atomic mass is 16.2. The van der Waals surface area contributed by atoms with Crippen LogP contribution in [0.3, 0.4) is 0 Å². The number of hydrogen-bond acceptors (Lipinski definition) is 3. The molecule has 5 nitrogen and oxygen atoms in total. The van der Waals surface area contributed by atoms with Crippen LogP contribution in [-0.4, -0.2) is 29.8 Å². The van der Waals surface area contributed by atoms with E-state index in [2.05, 4.69) is 5.32 Å². The Bertz CT molecular complexity index is 459. The average molecular weight is 247 g/mol. The Morgan fingerprint density at radius 1 is 1.39 bits per heavy atom. The van der Waals surface area contributed by atoms with E-state index >= 15 is 0 Å². The van der Waals surface area contributed by atoms with Gasteiger partial charge in [-0.2, -0.15) is 0 Å². The number of hydrogen-bond donors (Lipinski definition) is 2. The third-order valence-electron chi connectivity index (χ3n) is 2.93. The molecular formula is C13H17N3O2. The molecule has 2 amide bonds. The molecule has 18 heavy (non-hydrogen) atoms. The van der Waals surface area contributed by atoms with Crippen LogP contribution in [0.15, 0.2) is 24.3 Å². The van der Waals surface area contributed by atoms with Gasteiger partial charge in [-0.15, -0.1) is 0 Å². The van der Waals surface area contributed by atoms with Crippen molar-refractivity contribution in [3.8, 4) is 0 Å². The van der Waals surface area contributed by atoms with Crippen LogP contribution in [0.1, 0.15) is 19.3 Å². The molecule has 0 saturated carbocycles. The van der Waals surface area contributed by atoms with Gasteiger partial charge in [0, 0.05) is 24.3 Å². The Morgan fingerprint density at radius 2 is 2.22 bits per heavy atom. The van der Waals surface area contributed by atoms with E-state index in [9.17, 15) is 9.59 Å². The van der Waals surface area contributed by atoms with Crippen molar-refractivity contribution >= 4 is 23.2 Å². The molecule has 1 heterocycles. The lowest BCUT2D eigenvalue weighted by Crippen LogP contribution is -2.40. The first kappa shape index (κ1) is 12.4. The number of piperidine rings is 1. The second-order valence-electron chi connectivity index (χ2n) is 4.45. The van der Waals surface area contributed by atoms with Gasteiger partial charge in [-0.1, -0.05) is 6.07 Å².